The van der Waals surface area contributed by atoms with E-state index in [9.17, 15) is 4.79 Å². The van der Waals surface area contributed by atoms with E-state index in [-0.39, 0.29) is 5.78 Å². The second-order valence-corrected chi connectivity index (χ2v) is 2.95. The van der Waals surface area contributed by atoms with Crippen molar-refractivity contribution < 1.29 is 9.90 Å². The molecule has 1 rings (SSSR count). The molecule has 0 bridgehead atoms. The maximum atomic E-state index is 10.8. The molecule has 0 aliphatic carbocycles. The zero-order chi connectivity index (χ0) is 10.8. The fourth-order valence-electron chi connectivity index (χ4n) is 0.715. The Labute approximate surface area is 85.6 Å². The van der Waals surface area contributed by atoms with Crippen LogP contribution in [0.2, 0.25) is 0 Å². The number of rotatable bonds is 3. The third kappa shape index (κ3) is 5.49. The molecule has 0 aromatic heterocycles. The van der Waals surface area contributed by atoms with Gasteiger partial charge in [-0.1, -0.05) is 57.0 Å². The van der Waals surface area contributed by atoms with Crippen molar-refractivity contribution in [1.82, 2.24) is 0 Å². The SMILES string of the molecule is CCCC.O=C(CO)c1ccccc1. The minimum atomic E-state index is -0.413. The highest BCUT2D eigenvalue weighted by Crippen LogP contribution is 1.97. The third-order valence-corrected chi connectivity index (χ3v) is 1.74. The Morgan fingerprint density at radius 2 is 1.64 bits per heavy atom. The third-order valence-electron chi connectivity index (χ3n) is 1.74. The van der Waals surface area contributed by atoms with Crippen molar-refractivity contribution >= 4 is 5.78 Å². The van der Waals surface area contributed by atoms with Crippen LogP contribution in [-0.4, -0.2) is 17.5 Å². The molecular weight excluding hydrogens is 176 g/mol. The molecule has 2 nitrogen and oxygen atoms in total. The number of carbonyl (C=O) groups excluding carboxylic acids is 1. The van der Waals surface area contributed by atoms with E-state index in [0.29, 0.717) is 5.56 Å². The molecular formula is C12H18O2. The van der Waals surface area contributed by atoms with Crippen LogP contribution >= 0.6 is 0 Å². The second-order valence-electron chi connectivity index (χ2n) is 2.95. The summed E-state index contributed by atoms with van der Waals surface area (Å²) in [5.41, 5.74) is 0.560. The van der Waals surface area contributed by atoms with Gasteiger partial charge in [-0.15, -0.1) is 0 Å². The summed E-state index contributed by atoms with van der Waals surface area (Å²) in [4.78, 5) is 10.8. The van der Waals surface area contributed by atoms with Gasteiger partial charge in [-0.05, 0) is 0 Å². The van der Waals surface area contributed by atoms with Crippen LogP contribution in [0.3, 0.4) is 0 Å². The first-order valence-electron chi connectivity index (χ1n) is 4.95. The fourth-order valence-corrected chi connectivity index (χ4v) is 0.715. The van der Waals surface area contributed by atoms with Crippen molar-refractivity contribution in [1.29, 1.82) is 0 Å². The zero-order valence-corrected chi connectivity index (χ0v) is 8.86. The molecule has 0 spiro atoms. The van der Waals surface area contributed by atoms with E-state index in [0.717, 1.165) is 0 Å². The first-order valence-corrected chi connectivity index (χ1v) is 4.95. The van der Waals surface area contributed by atoms with Crippen molar-refractivity contribution in [2.75, 3.05) is 6.61 Å². The van der Waals surface area contributed by atoms with Gasteiger partial charge < -0.3 is 5.11 Å². The average Bonchev–Trinajstić information content (AvgIpc) is 2.29. The lowest BCUT2D eigenvalue weighted by molar-refractivity contribution is 0.0904. The molecule has 2 heteroatoms. The van der Waals surface area contributed by atoms with Gasteiger partial charge >= 0.3 is 0 Å². The summed E-state index contributed by atoms with van der Waals surface area (Å²) in [7, 11) is 0. The maximum absolute atomic E-state index is 10.8. The summed E-state index contributed by atoms with van der Waals surface area (Å²) >= 11 is 0. The molecule has 0 heterocycles. The highest BCUT2D eigenvalue weighted by Gasteiger charge is 1.99. The summed E-state index contributed by atoms with van der Waals surface area (Å²) in [5.74, 6) is -0.236. The van der Waals surface area contributed by atoms with Gasteiger partial charge in [-0.2, -0.15) is 0 Å². The fraction of sp³-hybridized carbons (Fsp3) is 0.417. The number of aliphatic hydroxyl groups excluding tert-OH is 1. The molecule has 0 aliphatic heterocycles. The minimum absolute atomic E-state index is 0.236. The van der Waals surface area contributed by atoms with Gasteiger partial charge in [0.2, 0.25) is 0 Å². The number of aliphatic hydroxyl groups is 1. The highest BCUT2D eigenvalue weighted by atomic mass is 16.3. The largest absolute Gasteiger partial charge is 0.388 e. The van der Waals surface area contributed by atoms with Crippen LogP contribution in [0.4, 0.5) is 0 Å². The maximum Gasteiger partial charge on any atom is 0.188 e. The van der Waals surface area contributed by atoms with E-state index in [4.69, 9.17) is 5.11 Å². The predicted octanol–water partition coefficient (Wildman–Crippen LogP) is 2.67. The van der Waals surface area contributed by atoms with E-state index >= 15 is 0 Å². The van der Waals surface area contributed by atoms with Gasteiger partial charge in [-0.25, -0.2) is 0 Å². The number of hydrogen-bond acceptors (Lipinski definition) is 2. The molecule has 0 saturated heterocycles. The van der Waals surface area contributed by atoms with Gasteiger partial charge in [0.05, 0.1) is 0 Å². The van der Waals surface area contributed by atoms with E-state index in [2.05, 4.69) is 13.8 Å². The summed E-state index contributed by atoms with van der Waals surface area (Å²) < 4.78 is 0. The Bertz CT molecular complexity index is 240. The Balaban J connectivity index is 0.000000364. The molecule has 0 aliphatic rings. The number of ketones is 1. The topological polar surface area (TPSA) is 37.3 Å². The second kappa shape index (κ2) is 8.45. The van der Waals surface area contributed by atoms with Gasteiger partial charge in [-0.3, -0.25) is 4.79 Å². The van der Waals surface area contributed by atoms with Crippen LogP contribution in [-0.2, 0) is 0 Å². The number of unbranched alkanes of at least 4 members (excludes halogenated alkanes) is 1. The molecule has 78 valence electrons. The molecule has 14 heavy (non-hydrogen) atoms. The number of hydrogen-bond donors (Lipinski definition) is 1. The van der Waals surface area contributed by atoms with Crippen molar-refractivity contribution in [3.8, 4) is 0 Å². The van der Waals surface area contributed by atoms with Crippen molar-refractivity contribution in [3.63, 3.8) is 0 Å². The Morgan fingerprint density at radius 1 is 1.14 bits per heavy atom. The van der Waals surface area contributed by atoms with E-state index in [1.807, 2.05) is 6.07 Å². The van der Waals surface area contributed by atoms with E-state index < -0.39 is 6.61 Å². The van der Waals surface area contributed by atoms with Crippen LogP contribution < -0.4 is 0 Å². The summed E-state index contributed by atoms with van der Waals surface area (Å²) in [6, 6.07) is 8.72. The summed E-state index contributed by atoms with van der Waals surface area (Å²) in [6.07, 6.45) is 2.64. The number of Topliss-reactive ketones (excluding diaryl/α,β-unsaturated/α-hetero) is 1. The van der Waals surface area contributed by atoms with Gasteiger partial charge in [0.15, 0.2) is 5.78 Å². The summed E-state index contributed by atoms with van der Waals surface area (Å²) in [5, 5.41) is 8.44. The normalized spacial score (nSPS) is 8.79. The summed E-state index contributed by atoms with van der Waals surface area (Å²) in [6.45, 7) is 3.95. The van der Waals surface area contributed by atoms with Gasteiger partial charge in [0, 0.05) is 5.56 Å². The van der Waals surface area contributed by atoms with Crippen molar-refractivity contribution in [2.45, 2.75) is 26.7 Å². The molecule has 1 N–H and O–H groups in total. The number of carbonyl (C=O) groups is 1. The van der Waals surface area contributed by atoms with Crippen LogP contribution in [0.5, 0.6) is 0 Å². The van der Waals surface area contributed by atoms with Crippen LogP contribution in [0.25, 0.3) is 0 Å². The predicted molar refractivity (Wildman–Crippen MR) is 58.4 cm³/mol. The lowest BCUT2D eigenvalue weighted by Gasteiger charge is -1.93. The van der Waals surface area contributed by atoms with Crippen LogP contribution in [0, 0.1) is 0 Å². The Morgan fingerprint density at radius 3 is 2.00 bits per heavy atom. The van der Waals surface area contributed by atoms with Gasteiger partial charge in [0.25, 0.3) is 0 Å². The lowest BCUT2D eigenvalue weighted by Crippen LogP contribution is -2.02. The molecule has 1 aromatic carbocycles. The van der Waals surface area contributed by atoms with E-state index in [1.165, 1.54) is 12.8 Å². The van der Waals surface area contributed by atoms with E-state index in [1.54, 1.807) is 24.3 Å². The molecule has 1 aromatic rings. The molecule has 0 unspecified atom stereocenters. The first kappa shape index (κ1) is 12.8. The monoisotopic (exact) mass is 194 g/mol. The van der Waals surface area contributed by atoms with Gasteiger partial charge in [0.1, 0.15) is 6.61 Å². The quantitative estimate of drug-likeness (QED) is 0.751. The molecule has 0 saturated carbocycles. The van der Waals surface area contributed by atoms with Crippen LogP contribution in [0.15, 0.2) is 30.3 Å². The van der Waals surface area contributed by atoms with Crippen LogP contribution in [0.1, 0.15) is 37.0 Å². The molecule has 0 atom stereocenters. The standard InChI is InChI=1S/C8H8O2.C4H10/c9-6-8(10)7-4-2-1-3-5-7;1-3-4-2/h1-5,9H,6H2;3-4H2,1-2H3. The minimum Gasteiger partial charge on any atom is -0.388 e. The lowest BCUT2D eigenvalue weighted by atomic mass is 10.1. The molecule has 0 fully saturated rings. The smallest absolute Gasteiger partial charge is 0.188 e. The Kier molecular flexibility index (Phi) is 7.75. The average molecular weight is 194 g/mol. The first-order chi connectivity index (χ1) is 6.76. The highest BCUT2D eigenvalue weighted by molar-refractivity contribution is 5.96. The number of benzene rings is 1. The van der Waals surface area contributed by atoms with Crippen molar-refractivity contribution in [2.24, 2.45) is 0 Å². The van der Waals surface area contributed by atoms with Crippen molar-refractivity contribution in [3.05, 3.63) is 35.9 Å². The zero-order valence-electron chi connectivity index (χ0n) is 8.86. The Hall–Kier alpha value is -1.15. The molecule has 0 radical (unpaired) electrons. The molecule has 0 amide bonds.